The van der Waals surface area contributed by atoms with E-state index >= 15 is 0 Å². The predicted molar refractivity (Wildman–Crippen MR) is 76.5 cm³/mol. The van der Waals surface area contributed by atoms with E-state index in [9.17, 15) is 4.79 Å². The maximum absolute atomic E-state index is 12.3. The summed E-state index contributed by atoms with van der Waals surface area (Å²) in [5, 5.41) is 2.59. The lowest BCUT2D eigenvalue weighted by Crippen LogP contribution is -2.24. The highest BCUT2D eigenvalue weighted by Gasteiger charge is 2.11. The average Bonchev–Trinajstić information content (AvgIpc) is 2.89. The van der Waals surface area contributed by atoms with Crippen molar-refractivity contribution in [2.45, 2.75) is 19.4 Å². The van der Waals surface area contributed by atoms with Gasteiger partial charge in [0.1, 0.15) is 4.83 Å². The van der Waals surface area contributed by atoms with Crippen molar-refractivity contribution in [3.63, 3.8) is 0 Å². The Balaban J connectivity index is 1.95. The minimum atomic E-state index is 0.0229. The van der Waals surface area contributed by atoms with Crippen molar-refractivity contribution in [3.05, 3.63) is 58.2 Å². The van der Waals surface area contributed by atoms with E-state index in [2.05, 4.69) is 9.97 Å². The smallest absolute Gasteiger partial charge is 0.262 e. The second-order valence-corrected chi connectivity index (χ2v) is 5.37. The van der Waals surface area contributed by atoms with Gasteiger partial charge in [-0.2, -0.15) is 0 Å². The van der Waals surface area contributed by atoms with Crippen LogP contribution in [-0.2, 0) is 6.42 Å². The molecule has 3 heterocycles. The van der Waals surface area contributed by atoms with Crippen LogP contribution >= 0.6 is 11.3 Å². The molecule has 1 atom stereocenters. The van der Waals surface area contributed by atoms with Crippen molar-refractivity contribution in [1.29, 1.82) is 0 Å². The van der Waals surface area contributed by atoms with Crippen LogP contribution in [0.4, 0.5) is 0 Å². The second kappa shape index (κ2) is 4.93. The van der Waals surface area contributed by atoms with Crippen LogP contribution in [0.3, 0.4) is 0 Å². The number of hydrogen-bond donors (Lipinski definition) is 0. The van der Waals surface area contributed by atoms with Gasteiger partial charge in [-0.3, -0.25) is 14.3 Å². The lowest BCUT2D eigenvalue weighted by atomic mass is 10.1. The molecule has 0 aliphatic heterocycles. The molecule has 3 aromatic heterocycles. The minimum absolute atomic E-state index is 0.0229. The van der Waals surface area contributed by atoms with Gasteiger partial charge in [0.05, 0.1) is 11.7 Å². The molecular weight excluding hydrogens is 258 g/mol. The van der Waals surface area contributed by atoms with Crippen LogP contribution in [-0.4, -0.2) is 14.5 Å². The molecule has 96 valence electrons. The predicted octanol–water partition coefficient (Wildman–Crippen LogP) is 2.66. The third-order valence-corrected chi connectivity index (χ3v) is 3.94. The summed E-state index contributed by atoms with van der Waals surface area (Å²) in [5.74, 6) is 0. The Morgan fingerprint density at radius 2 is 2.21 bits per heavy atom. The number of nitrogens with zero attached hydrogens (tertiary/aromatic N) is 3. The van der Waals surface area contributed by atoms with Crippen LogP contribution in [0.25, 0.3) is 10.2 Å². The van der Waals surface area contributed by atoms with Gasteiger partial charge in [-0.25, -0.2) is 4.98 Å². The molecule has 4 nitrogen and oxygen atoms in total. The normalized spacial score (nSPS) is 12.7. The molecule has 0 saturated carbocycles. The van der Waals surface area contributed by atoms with Crippen LogP contribution in [0.5, 0.6) is 0 Å². The first-order chi connectivity index (χ1) is 9.25. The summed E-state index contributed by atoms with van der Waals surface area (Å²) in [6.45, 7) is 2.01. The van der Waals surface area contributed by atoms with E-state index in [1.54, 1.807) is 17.1 Å². The molecule has 0 bridgehead atoms. The number of thiophene rings is 1. The van der Waals surface area contributed by atoms with Crippen LogP contribution in [0, 0.1) is 0 Å². The maximum atomic E-state index is 12.3. The van der Waals surface area contributed by atoms with Crippen molar-refractivity contribution >= 4 is 21.6 Å². The quantitative estimate of drug-likeness (QED) is 0.735. The zero-order valence-corrected chi connectivity index (χ0v) is 11.3. The molecule has 0 aliphatic carbocycles. The fraction of sp³-hybridized carbons (Fsp3) is 0.214. The van der Waals surface area contributed by atoms with Gasteiger partial charge >= 0.3 is 0 Å². The van der Waals surface area contributed by atoms with Crippen molar-refractivity contribution < 1.29 is 0 Å². The summed E-state index contributed by atoms with van der Waals surface area (Å²) < 4.78 is 1.68. The number of fused-ring (bicyclic) bond motifs is 1. The summed E-state index contributed by atoms with van der Waals surface area (Å²) in [6.07, 6.45) is 4.12. The van der Waals surface area contributed by atoms with Crippen LogP contribution < -0.4 is 5.56 Å². The van der Waals surface area contributed by atoms with E-state index in [4.69, 9.17) is 0 Å². The summed E-state index contributed by atoms with van der Waals surface area (Å²) in [6, 6.07) is 7.69. The molecule has 5 heteroatoms. The van der Waals surface area contributed by atoms with Gasteiger partial charge in [-0.15, -0.1) is 11.3 Å². The van der Waals surface area contributed by atoms with Gasteiger partial charge < -0.3 is 0 Å². The first kappa shape index (κ1) is 12.0. The van der Waals surface area contributed by atoms with Gasteiger partial charge in [0.2, 0.25) is 0 Å². The zero-order valence-electron chi connectivity index (χ0n) is 10.5. The van der Waals surface area contributed by atoms with E-state index in [1.165, 1.54) is 11.3 Å². The molecule has 0 fully saturated rings. The summed E-state index contributed by atoms with van der Waals surface area (Å²) >= 11 is 1.49. The van der Waals surface area contributed by atoms with Crippen molar-refractivity contribution in [2.75, 3.05) is 0 Å². The van der Waals surface area contributed by atoms with Crippen LogP contribution in [0.15, 0.2) is 47.0 Å². The fourth-order valence-corrected chi connectivity index (χ4v) is 2.83. The van der Waals surface area contributed by atoms with E-state index < -0.39 is 0 Å². The summed E-state index contributed by atoms with van der Waals surface area (Å²) in [7, 11) is 0. The van der Waals surface area contributed by atoms with Gasteiger partial charge in [-0.1, -0.05) is 6.07 Å². The Kier molecular flexibility index (Phi) is 3.13. The zero-order chi connectivity index (χ0) is 13.2. The molecule has 0 saturated heterocycles. The highest BCUT2D eigenvalue weighted by Crippen LogP contribution is 2.16. The van der Waals surface area contributed by atoms with Gasteiger partial charge in [0, 0.05) is 24.4 Å². The Morgan fingerprint density at radius 3 is 3.00 bits per heavy atom. The van der Waals surface area contributed by atoms with E-state index in [0.29, 0.717) is 5.39 Å². The molecular formula is C14H13N3OS. The van der Waals surface area contributed by atoms with Crippen LogP contribution in [0.2, 0.25) is 0 Å². The molecule has 19 heavy (non-hydrogen) atoms. The van der Waals surface area contributed by atoms with Crippen LogP contribution in [0.1, 0.15) is 18.7 Å². The monoisotopic (exact) mass is 271 g/mol. The number of pyridine rings is 1. The average molecular weight is 271 g/mol. The second-order valence-electron chi connectivity index (χ2n) is 4.47. The van der Waals surface area contributed by atoms with Gasteiger partial charge in [0.25, 0.3) is 5.56 Å². The van der Waals surface area contributed by atoms with E-state index in [1.807, 2.05) is 36.6 Å². The van der Waals surface area contributed by atoms with Gasteiger partial charge in [0.15, 0.2) is 0 Å². The topological polar surface area (TPSA) is 47.8 Å². The lowest BCUT2D eigenvalue weighted by molar-refractivity contribution is 0.518. The molecule has 3 rings (SSSR count). The molecule has 0 aliphatic rings. The Bertz CT molecular complexity index is 748. The fourth-order valence-electron chi connectivity index (χ4n) is 2.10. The largest absolute Gasteiger partial charge is 0.295 e. The van der Waals surface area contributed by atoms with Gasteiger partial charge in [-0.05, 0) is 30.5 Å². The third kappa shape index (κ3) is 2.29. The maximum Gasteiger partial charge on any atom is 0.262 e. The molecule has 0 spiro atoms. The first-order valence-electron chi connectivity index (χ1n) is 6.10. The minimum Gasteiger partial charge on any atom is -0.295 e. The highest BCUT2D eigenvalue weighted by atomic mass is 32.1. The number of rotatable bonds is 3. The number of aromatic nitrogens is 3. The molecule has 0 aromatic carbocycles. The Labute approximate surface area is 114 Å². The van der Waals surface area contributed by atoms with Crippen molar-refractivity contribution in [1.82, 2.24) is 14.5 Å². The van der Waals surface area contributed by atoms with E-state index in [0.717, 1.165) is 16.9 Å². The Morgan fingerprint density at radius 1 is 1.32 bits per heavy atom. The molecule has 1 unspecified atom stereocenters. The third-order valence-electron chi connectivity index (χ3n) is 3.11. The SMILES string of the molecule is CC(Cc1ccccn1)n1cnc2sccc2c1=O. The summed E-state index contributed by atoms with van der Waals surface area (Å²) in [5.41, 5.74) is 1.00. The Hall–Kier alpha value is -2.01. The standard InChI is InChI=1S/C14H13N3OS/c1-10(8-11-4-2-3-6-15-11)17-9-16-13-12(14(17)18)5-7-19-13/h2-7,9-10H,8H2,1H3. The number of hydrogen-bond acceptors (Lipinski definition) is 4. The summed E-state index contributed by atoms with van der Waals surface area (Å²) in [4.78, 5) is 21.7. The molecule has 0 amide bonds. The van der Waals surface area contributed by atoms with E-state index in [-0.39, 0.29) is 11.6 Å². The first-order valence-corrected chi connectivity index (χ1v) is 6.98. The lowest BCUT2D eigenvalue weighted by Gasteiger charge is -2.14. The highest BCUT2D eigenvalue weighted by molar-refractivity contribution is 7.16. The van der Waals surface area contributed by atoms with Crippen molar-refractivity contribution in [2.24, 2.45) is 0 Å². The molecule has 3 aromatic rings. The van der Waals surface area contributed by atoms with Crippen molar-refractivity contribution in [3.8, 4) is 0 Å². The molecule has 0 radical (unpaired) electrons. The molecule has 0 N–H and O–H groups in total.